The maximum atomic E-state index is 8.75. The molecule has 2 rings (SSSR count). The van der Waals surface area contributed by atoms with Crippen LogP contribution in [-0.4, -0.2) is 7.11 Å². The Morgan fingerprint density at radius 3 is 2.50 bits per heavy atom. The fourth-order valence-corrected chi connectivity index (χ4v) is 1.97. The maximum absolute atomic E-state index is 8.75. The van der Waals surface area contributed by atoms with E-state index in [1.54, 1.807) is 19.2 Å². The SMILES string of the molecule is COc1ccc(OCc2ccc(C#N)cc2)c(CCl)c1. The number of nitrogens with zero attached hydrogens (tertiary/aromatic N) is 1. The molecule has 0 bridgehead atoms. The van der Waals surface area contributed by atoms with Crippen molar-refractivity contribution in [1.82, 2.24) is 0 Å². The number of methoxy groups -OCH3 is 1. The minimum absolute atomic E-state index is 0.361. The largest absolute Gasteiger partial charge is 0.497 e. The summed E-state index contributed by atoms with van der Waals surface area (Å²) in [6.45, 7) is 0.432. The smallest absolute Gasteiger partial charge is 0.124 e. The van der Waals surface area contributed by atoms with Crippen LogP contribution in [-0.2, 0) is 12.5 Å². The van der Waals surface area contributed by atoms with Gasteiger partial charge in [0.15, 0.2) is 0 Å². The molecule has 0 aliphatic carbocycles. The highest BCUT2D eigenvalue weighted by atomic mass is 35.5. The average Bonchev–Trinajstić information content (AvgIpc) is 2.53. The van der Waals surface area contributed by atoms with Crippen LogP contribution in [0.1, 0.15) is 16.7 Å². The lowest BCUT2D eigenvalue weighted by Gasteiger charge is -2.11. The zero-order valence-electron chi connectivity index (χ0n) is 11.1. The van der Waals surface area contributed by atoms with E-state index in [2.05, 4.69) is 6.07 Å². The van der Waals surface area contributed by atoms with Crippen LogP contribution >= 0.6 is 11.6 Å². The minimum Gasteiger partial charge on any atom is -0.497 e. The number of nitriles is 1. The topological polar surface area (TPSA) is 42.2 Å². The highest BCUT2D eigenvalue weighted by molar-refractivity contribution is 6.17. The molecule has 0 atom stereocenters. The van der Waals surface area contributed by atoms with Crippen LogP contribution in [0.5, 0.6) is 11.5 Å². The first-order valence-electron chi connectivity index (χ1n) is 6.11. The molecule has 0 aromatic heterocycles. The van der Waals surface area contributed by atoms with Crippen molar-refractivity contribution in [3.8, 4) is 17.6 Å². The molecule has 0 heterocycles. The second kappa shape index (κ2) is 6.83. The highest BCUT2D eigenvalue weighted by Crippen LogP contribution is 2.26. The molecule has 0 aliphatic rings. The Bertz CT molecular complexity index is 617. The van der Waals surface area contributed by atoms with Gasteiger partial charge in [0.25, 0.3) is 0 Å². The van der Waals surface area contributed by atoms with Crippen molar-refractivity contribution in [2.24, 2.45) is 0 Å². The molecular formula is C16H14ClNO2. The van der Waals surface area contributed by atoms with Crippen molar-refractivity contribution in [2.75, 3.05) is 7.11 Å². The fraction of sp³-hybridized carbons (Fsp3) is 0.188. The minimum atomic E-state index is 0.361. The molecule has 20 heavy (non-hydrogen) atoms. The van der Waals surface area contributed by atoms with Gasteiger partial charge in [-0.1, -0.05) is 12.1 Å². The first-order chi connectivity index (χ1) is 9.76. The van der Waals surface area contributed by atoms with Crippen LogP contribution < -0.4 is 9.47 Å². The molecule has 0 spiro atoms. The third-order valence-corrected chi connectivity index (χ3v) is 3.18. The molecule has 0 radical (unpaired) electrons. The molecule has 0 saturated heterocycles. The molecule has 0 aliphatic heterocycles. The van der Waals surface area contributed by atoms with E-state index in [-0.39, 0.29) is 0 Å². The zero-order valence-corrected chi connectivity index (χ0v) is 11.9. The summed E-state index contributed by atoms with van der Waals surface area (Å²) in [7, 11) is 1.62. The van der Waals surface area contributed by atoms with E-state index in [1.807, 2.05) is 30.3 Å². The predicted molar refractivity (Wildman–Crippen MR) is 78.0 cm³/mol. The summed E-state index contributed by atoms with van der Waals surface area (Å²) >= 11 is 5.91. The van der Waals surface area contributed by atoms with Crippen LogP contribution in [0.3, 0.4) is 0 Å². The van der Waals surface area contributed by atoms with Crippen molar-refractivity contribution < 1.29 is 9.47 Å². The van der Waals surface area contributed by atoms with Crippen LogP contribution in [0.15, 0.2) is 42.5 Å². The van der Waals surface area contributed by atoms with E-state index in [0.717, 1.165) is 22.6 Å². The van der Waals surface area contributed by atoms with E-state index in [9.17, 15) is 0 Å². The van der Waals surface area contributed by atoms with E-state index < -0.39 is 0 Å². The molecule has 0 fully saturated rings. The maximum Gasteiger partial charge on any atom is 0.124 e. The van der Waals surface area contributed by atoms with Crippen LogP contribution in [0, 0.1) is 11.3 Å². The molecule has 0 N–H and O–H groups in total. The predicted octanol–water partition coefficient (Wildman–Crippen LogP) is 3.88. The molecule has 2 aromatic carbocycles. The third kappa shape index (κ3) is 3.43. The normalized spacial score (nSPS) is 9.85. The molecule has 102 valence electrons. The lowest BCUT2D eigenvalue weighted by molar-refractivity contribution is 0.303. The van der Waals surface area contributed by atoms with Crippen molar-refractivity contribution in [3.63, 3.8) is 0 Å². The van der Waals surface area contributed by atoms with Crippen molar-refractivity contribution in [3.05, 3.63) is 59.2 Å². The van der Waals surface area contributed by atoms with Gasteiger partial charge in [-0.05, 0) is 35.9 Å². The van der Waals surface area contributed by atoms with Crippen LogP contribution in [0.2, 0.25) is 0 Å². The number of hydrogen-bond acceptors (Lipinski definition) is 3. The summed E-state index contributed by atoms with van der Waals surface area (Å²) in [5, 5.41) is 8.75. The lowest BCUT2D eigenvalue weighted by Crippen LogP contribution is -1.98. The summed E-state index contributed by atoms with van der Waals surface area (Å²) in [4.78, 5) is 0. The summed E-state index contributed by atoms with van der Waals surface area (Å²) in [5.41, 5.74) is 2.53. The van der Waals surface area contributed by atoms with E-state index in [4.69, 9.17) is 26.3 Å². The first kappa shape index (κ1) is 14.2. The number of halogens is 1. The summed E-state index contributed by atoms with van der Waals surface area (Å²) in [6, 6.07) is 14.9. The molecule has 0 unspecified atom stereocenters. The van der Waals surface area contributed by atoms with Crippen molar-refractivity contribution >= 4 is 11.6 Å². The lowest BCUT2D eigenvalue weighted by atomic mass is 10.1. The van der Waals surface area contributed by atoms with E-state index in [1.165, 1.54) is 0 Å². The van der Waals surface area contributed by atoms with Gasteiger partial charge in [0.05, 0.1) is 24.6 Å². The van der Waals surface area contributed by atoms with Gasteiger partial charge >= 0.3 is 0 Å². The Morgan fingerprint density at radius 1 is 1.15 bits per heavy atom. The Balaban J connectivity index is 2.08. The van der Waals surface area contributed by atoms with Gasteiger partial charge in [-0.2, -0.15) is 5.26 Å². The van der Waals surface area contributed by atoms with Crippen molar-refractivity contribution in [2.45, 2.75) is 12.5 Å². The van der Waals surface area contributed by atoms with Crippen LogP contribution in [0.25, 0.3) is 0 Å². The van der Waals surface area contributed by atoms with Gasteiger partial charge in [0, 0.05) is 5.56 Å². The van der Waals surface area contributed by atoms with Gasteiger partial charge in [0.2, 0.25) is 0 Å². The molecule has 0 amide bonds. The summed E-state index contributed by atoms with van der Waals surface area (Å²) in [5.74, 6) is 1.86. The number of alkyl halides is 1. The molecule has 3 nitrogen and oxygen atoms in total. The second-order valence-corrected chi connectivity index (χ2v) is 4.47. The quantitative estimate of drug-likeness (QED) is 0.784. The number of rotatable bonds is 5. The first-order valence-corrected chi connectivity index (χ1v) is 6.65. The van der Waals surface area contributed by atoms with Crippen molar-refractivity contribution in [1.29, 1.82) is 5.26 Å². The Labute approximate surface area is 123 Å². The Kier molecular flexibility index (Phi) is 4.86. The van der Waals surface area contributed by atoms with Gasteiger partial charge in [0.1, 0.15) is 18.1 Å². The fourth-order valence-electron chi connectivity index (χ4n) is 1.76. The Morgan fingerprint density at radius 2 is 1.90 bits per heavy atom. The Hall–Kier alpha value is -2.18. The van der Waals surface area contributed by atoms with Crippen LogP contribution in [0.4, 0.5) is 0 Å². The molecular weight excluding hydrogens is 274 g/mol. The number of ether oxygens (including phenoxy) is 2. The standard InChI is InChI=1S/C16H14ClNO2/c1-19-15-6-7-16(14(8-15)9-17)20-11-13-4-2-12(10-18)3-5-13/h2-8H,9,11H2,1H3. The van der Waals surface area contributed by atoms with Gasteiger partial charge in [-0.3, -0.25) is 0 Å². The molecule has 0 saturated carbocycles. The number of benzene rings is 2. The molecule has 2 aromatic rings. The third-order valence-electron chi connectivity index (χ3n) is 2.89. The second-order valence-electron chi connectivity index (χ2n) is 4.20. The van der Waals surface area contributed by atoms with Gasteiger partial charge in [-0.15, -0.1) is 11.6 Å². The van der Waals surface area contributed by atoms with E-state index >= 15 is 0 Å². The van der Waals surface area contributed by atoms with E-state index in [0.29, 0.717) is 18.1 Å². The zero-order chi connectivity index (χ0) is 14.4. The highest BCUT2D eigenvalue weighted by Gasteiger charge is 2.05. The molecule has 4 heteroatoms. The number of hydrogen-bond donors (Lipinski definition) is 0. The summed E-state index contributed by atoms with van der Waals surface area (Å²) < 4.78 is 10.9. The average molecular weight is 288 g/mol. The summed E-state index contributed by atoms with van der Waals surface area (Å²) in [6.07, 6.45) is 0. The monoisotopic (exact) mass is 287 g/mol. The van der Waals surface area contributed by atoms with Gasteiger partial charge < -0.3 is 9.47 Å². The van der Waals surface area contributed by atoms with Gasteiger partial charge in [-0.25, -0.2) is 0 Å².